The van der Waals surface area contributed by atoms with E-state index in [-0.39, 0.29) is 5.28 Å². The van der Waals surface area contributed by atoms with E-state index in [0.717, 1.165) is 25.3 Å². The first-order chi connectivity index (χ1) is 8.17. The number of hydrogen-bond acceptors (Lipinski definition) is 6. The van der Waals surface area contributed by atoms with E-state index < -0.39 is 0 Å². The van der Waals surface area contributed by atoms with E-state index in [1.807, 2.05) is 11.9 Å². The Hall–Kier alpha value is -0.750. The Labute approximate surface area is 111 Å². The summed E-state index contributed by atoms with van der Waals surface area (Å²) in [6.07, 6.45) is 3.09. The summed E-state index contributed by atoms with van der Waals surface area (Å²) in [6, 6.07) is 0. The van der Waals surface area contributed by atoms with E-state index >= 15 is 0 Å². The molecular formula is C10H18ClN5S. The largest absolute Gasteiger partial charge is 0.354 e. The average Bonchev–Trinajstić information content (AvgIpc) is 2.32. The van der Waals surface area contributed by atoms with Gasteiger partial charge in [0.1, 0.15) is 0 Å². The average molecular weight is 276 g/mol. The van der Waals surface area contributed by atoms with E-state index in [9.17, 15) is 0 Å². The fraction of sp³-hybridized carbons (Fsp3) is 0.700. The van der Waals surface area contributed by atoms with Crippen molar-refractivity contribution in [1.29, 1.82) is 0 Å². The first kappa shape index (κ1) is 14.3. The van der Waals surface area contributed by atoms with Crippen molar-refractivity contribution in [3.05, 3.63) is 5.28 Å². The molecule has 0 aliphatic carbocycles. The molecule has 1 N–H and O–H groups in total. The van der Waals surface area contributed by atoms with Gasteiger partial charge in [0.05, 0.1) is 0 Å². The number of halogens is 1. The molecular weight excluding hydrogens is 258 g/mol. The van der Waals surface area contributed by atoms with Gasteiger partial charge < -0.3 is 10.2 Å². The van der Waals surface area contributed by atoms with E-state index in [0.29, 0.717) is 11.9 Å². The smallest absolute Gasteiger partial charge is 0.231 e. The number of hydrogen-bond donors (Lipinski definition) is 1. The van der Waals surface area contributed by atoms with Crippen molar-refractivity contribution in [3.8, 4) is 0 Å². The van der Waals surface area contributed by atoms with Crippen LogP contribution in [0.3, 0.4) is 0 Å². The molecule has 1 rings (SSSR count). The van der Waals surface area contributed by atoms with Crippen molar-refractivity contribution < 1.29 is 0 Å². The maximum absolute atomic E-state index is 5.87. The minimum absolute atomic E-state index is 0.226. The van der Waals surface area contributed by atoms with Crippen LogP contribution in [0.5, 0.6) is 0 Å². The molecule has 0 fully saturated rings. The lowest BCUT2D eigenvalue weighted by atomic mass is 10.5. The van der Waals surface area contributed by atoms with Crippen LogP contribution < -0.4 is 10.2 Å². The second-order valence-electron chi connectivity index (χ2n) is 3.57. The van der Waals surface area contributed by atoms with Crippen LogP contribution in [0.1, 0.15) is 13.3 Å². The molecule has 1 heterocycles. The zero-order valence-corrected chi connectivity index (χ0v) is 12.0. The predicted octanol–water partition coefficient (Wildman–Crippen LogP) is 2.15. The van der Waals surface area contributed by atoms with Gasteiger partial charge in [-0.15, -0.1) is 0 Å². The highest BCUT2D eigenvalue weighted by Gasteiger charge is 2.08. The van der Waals surface area contributed by atoms with Gasteiger partial charge in [-0.3, -0.25) is 0 Å². The van der Waals surface area contributed by atoms with Gasteiger partial charge in [0.2, 0.25) is 17.2 Å². The minimum Gasteiger partial charge on any atom is -0.354 e. The third-order valence-electron chi connectivity index (χ3n) is 2.10. The van der Waals surface area contributed by atoms with Crippen molar-refractivity contribution in [2.24, 2.45) is 0 Å². The molecule has 0 amide bonds. The molecule has 0 aromatic carbocycles. The molecule has 96 valence electrons. The highest BCUT2D eigenvalue weighted by molar-refractivity contribution is 7.98. The molecule has 7 heteroatoms. The third kappa shape index (κ3) is 4.95. The van der Waals surface area contributed by atoms with Gasteiger partial charge in [-0.25, -0.2) is 0 Å². The summed E-state index contributed by atoms with van der Waals surface area (Å²) in [7, 11) is 1.95. The summed E-state index contributed by atoms with van der Waals surface area (Å²) < 4.78 is 0. The molecule has 17 heavy (non-hydrogen) atoms. The van der Waals surface area contributed by atoms with Crippen LogP contribution in [0.4, 0.5) is 11.9 Å². The van der Waals surface area contributed by atoms with Crippen molar-refractivity contribution in [3.63, 3.8) is 0 Å². The highest BCUT2D eigenvalue weighted by Crippen LogP contribution is 2.12. The zero-order chi connectivity index (χ0) is 12.7. The molecule has 0 radical (unpaired) electrons. The lowest BCUT2D eigenvalue weighted by Crippen LogP contribution is -2.23. The van der Waals surface area contributed by atoms with E-state index in [1.54, 1.807) is 11.8 Å². The van der Waals surface area contributed by atoms with Gasteiger partial charge in [-0.2, -0.15) is 26.7 Å². The lowest BCUT2D eigenvalue weighted by Gasteiger charge is -2.16. The Bertz CT molecular complexity index is 349. The van der Waals surface area contributed by atoms with Crippen LogP contribution in [0, 0.1) is 0 Å². The Morgan fingerprint density at radius 2 is 2.12 bits per heavy atom. The van der Waals surface area contributed by atoms with Crippen LogP contribution in [-0.4, -0.2) is 47.1 Å². The summed E-state index contributed by atoms with van der Waals surface area (Å²) in [6.45, 7) is 3.80. The molecule has 5 nitrogen and oxygen atoms in total. The summed E-state index contributed by atoms with van der Waals surface area (Å²) in [5, 5.41) is 3.33. The fourth-order valence-electron chi connectivity index (χ4n) is 1.15. The van der Waals surface area contributed by atoms with Crippen LogP contribution in [0.2, 0.25) is 5.28 Å². The Morgan fingerprint density at radius 1 is 1.35 bits per heavy atom. The number of thioether (sulfide) groups is 1. The fourth-order valence-corrected chi connectivity index (χ4v) is 1.77. The van der Waals surface area contributed by atoms with Gasteiger partial charge >= 0.3 is 0 Å². The van der Waals surface area contributed by atoms with E-state index in [4.69, 9.17) is 11.6 Å². The third-order valence-corrected chi connectivity index (χ3v) is 2.86. The summed E-state index contributed by atoms with van der Waals surface area (Å²) in [4.78, 5) is 14.4. The number of nitrogens with zero attached hydrogens (tertiary/aromatic N) is 4. The second-order valence-corrected chi connectivity index (χ2v) is 4.89. The number of rotatable bonds is 7. The molecule has 1 aromatic heterocycles. The van der Waals surface area contributed by atoms with Crippen molar-refractivity contribution in [1.82, 2.24) is 15.0 Å². The molecule has 0 aliphatic rings. The minimum atomic E-state index is 0.226. The van der Waals surface area contributed by atoms with Gasteiger partial charge in [0.25, 0.3) is 0 Å². The van der Waals surface area contributed by atoms with Crippen LogP contribution in [-0.2, 0) is 0 Å². The summed E-state index contributed by atoms with van der Waals surface area (Å²) in [5.74, 6) is 2.17. The summed E-state index contributed by atoms with van der Waals surface area (Å²) >= 11 is 7.66. The number of aromatic nitrogens is 3. The van der Waals surface area contributed by atoms with Crippen LogP contribution >= 0.6 is 23.4 Å². The van der Waals surface area contributed by atoms with E-state index in [2.05, 4.69) is 33.4 Å². The van der Waals surface area contributed by atoms with Crippen LogP contribution in [0.15, 0.2) is 0 Å². The van der Waals surface area contributed by atoms with Gasteiger partial charge in [0, 0.05) is 25.9 Å². The molecule has 0 aliphatic heterocycles. The van der Waals surface area contributed by atoms with Crippen molar-refractivity contribution >= 4 is 35.3 Å². The van der Waals surface area contributed by atoms with Crippen molar-refractivity contribution in [2.75, 3.05) is 42.4 Å². The normalized spacial score (nSPS) is 10.4. The van der Waals surface area contributed by atoms with Crippen LogP contribution in [0.25, 0.3) is 0 Å². The van der Waals surface area contributed by atoms with Crippen molar-refractivity contribution in [2.45, 2.75) is 13.3 Å². The zero-order valence-electron chi connectivity index (χ0n) is 10.4. The highest BCUT2D eigenvalue weighted by atomic mass is 35.5. The second kappa shape index (κ2) is 7.55. The SMILES string of the molecule is CCCNc1nc(Cl)nc(N(C)CCSC)n1. The Kier molecular flexibility index (Phi) is 6.36. The molecule has 0 atom stereocenters. The maximum Gasteiger partial charge on any atom is 0.231 e. The molecule has 0 saturated carbocycles. The molecule has 1 aromatic rings. The number of nitrogens with one attached hydrogen (secondary N) is 1. The lowest BCUT2D eigenvalue weighted by molar-refractivity contribution is 0.877. The number of anilines is 2. The quantitative estimate of drug-likeness (QED) is 0.823. The first-order valence-corrected chi connectivity index (χ1v) is 7.30. The summed E-state index contributed by atoms with van der Waals surface area (Å²) in [5.41, 5.74) is 0. The monoisotopic (exact) mass is 275 g/mol. The molecule has 0 unspecified atom stereocenters. The van der Waals surface area contributed by atoms with Gasteiger partial charge in [0.15, 0.2) is 0 Å². The Morgan fingerprint density at radius 3 is 2.76 bits per heavy atom. The predicted molar refractivity (Wildman–Crippen MR) is 75.3 cm³/mol. The first-order valence-electron chi connectivity index (χ1n) is 5.53. The Balaban J connectivity index is 2.73. The van der Waals surface area contributed by atoms with E-state index in [1.165, 1.54) is 0 Å². The molecule has 0 spiro atoms. The molecule has 0 bridgehead atoms. The maximum atomic E-state index is 5.87. The standard InChI is InChI=1S/C10H18ClN5S/c1-4-5-12-9-13-8(11)14-10(15-9)16(2)6-7-17-3/h4-7H2,1-3H3,(H,12,13,14,15). The van der Waals surface area contributed by atoms with Gasteiger partial charge in [-0.1, -0.05) is 6.92 Å². The van der Waals surface area contributed by atoms with Gasteiger partial charge in [-0.05, 0) is 24.3 Å². The topological polar surface area (TPSA) is 53.9 Å². The molecule has 0 saturated heterocycles.